The molecular formula is C25H28FN7O2. The zero-order valence-electron chi connectivity index (χ0n) is 19.8. The van der Waals surface area contributed by atoms with Crippen LogP contribution in [0.25, 0.3) is 10.9 Å². The summed E-state index contributed by atoms with van der Waals surface area (Å²) in [6, 6.07) is 14.2. The van der Waals surface area contributed by atoms with Crippen LogP contribution < -0.4 is 10.5 Å². The third-order valence-electron chi connectivity index (χ3n) is 6.51. The number of pyridine rings is 1. The maximum atomic E-state index is 14.4. The zero-order chi connectivity index (χ0) is 24.4. The van der Waals surface area contributed by atoms with Gasteiger partial charge < -0.3 is 14.6 Å². The largest absolute Gasteiger partial charge is 0.383 e. The Balaban J connectivity index is 1.53. The summed E-state index contributed by atoms with van der Waals surface area (Å²) < 4.78 is 21.3. The fraction of sp³-hybridized carbons (Fsp3) is 0.360. The molecule has 10 heteroatoms. The number of nitrogens with one attached hydrogen (secondary N) is 1. The molecule has 9 nitrogen and oxygen atoms in total. The maximum absolute atomic E-state index is 14.4. The third kappa shape index (κ3) is 4.67. The molecule has 0 bridgehead atoms. The first-order chi connectivity index (χ1) is 17.0. The van der Waals surface area contributed by atoms with Gasteiger partial charge in [0.1, 0.15) is 11.9 Å². The molecule has 1 aliphatic heterocycles. The topological polar surface area (TPSA) is 92.2 Å². The van der Waals surface area contributed by atoms with Crippen molar-refractivity contribution >= 4 is 16.6 Å². The van der Waals surface area contributed by atoms with E-state index in [1.807, 2.05) is 36.1 Å². The van der Waals surface area contributed by atoms with Gasteiger partial charge >= 0.3 is 0 Å². The number of rotatable bonds is 7. The number of hydrogen-bond donors (Lipinski definition) is 1. The van der Waals surface area contributed by atoms with E-state index in [9.17, 15) is 9.18 Å². The third-order valence-corrected chi connectivity index (χ3v) is 6.51. The van der Waals surface area contributed by atoms with Gasteiger partial charge in [0.2, 0.25) is 0 Å². The number of ether oxygens (including phenoxy) is 1. The highest BCUT2D eigenvalue weighted by Gasteiger charge is 2.33. The Morgan fingerprint density at radius 1 is 1.11 bits per heavy atom. The highest BCUT2D eigenvalue weighted by atomic mass is 19.1. The minimum absolute atomic E-state index is 0.177. The molecule has 0 amide bonds. The Hall–Kier alpha value is -3.63. The molecule has 2 aromatic carbocycles. The smallest absolute Gasteiger partial charge is 0.253 e. The predicted octanol–water partition coefficient (Wildman–Crippen LogP) is 2.52. The lowest BCUT2D eigenvalue weighted by molar-refractivity contribution is 0.171. The number of aryl methyl sites for hydroxylation is 1. The molecule has 1 aliphatic rings. The lowest BCUT2D eigenvalue weighted by Crippen LogP contribution is -2.49. The van der Waals surface area contributed by atoms with E-state index in [1.165, 1.54) is 6.07 Å². The van der Waals surface area contributed by atoms with Crippen LogP contribution in [0.15, 0.2) is 53.3 Å². The first-order valence-electron chi connectivity index (χ1n) is 11.7. The number of tetrazole rings is 1. The van der Waals surface area contributed by atoms with Crippen LogP contribution in [0.4, 0.5) is 10.1 Å². The molecule has 1 fully saturated rings. The van der Waals surface area contributed by atoms with Gasteiger partial charge in [0.15, 0.2) is 5.82 Å². The molecule has 1 N–H and O–H groups in total. The number of anilines is 1. The summed E-state index contributed by atoms with van der Waals surface area (Å²) in [5, 5.41) is 13.3. The normalized spacial score (nSPS) is 15.6. The monoisotopic (exact) mass is 477 g/mol. The summed E-state index contributed by atoms with van der Waals surface area (Å²) in [6.45, 7) is 5.38. The summed E-state index contributed by atoms with van der Waals surface area (Å²) in [4.78, 5) is 20.6. The summed E-state index contributed by atoms with van der Waals surface area (Å²) in [7, 11) is 1.62. The van der Waals surface area contributed by atoms with Crippen LogP contribution in [-0.4, -0.2) is 70.0 Å². The Kier molecular flexibility index (Phi) is 6.56. The highest BCUT2D eigenvalue weighted by molar-refractivity contribution is 5.79. The standard InChI is InChI=1S/C25H28FN7O2/c1-17-7-8-21-18(15-17)16-19(25(34)27-21)23(24-28-29-30-33(24)13-14-35-2)32-11-9-31(10-12-32)22-6-4-3-5-20(22)26/h3-8,15-16,23H,9-14H2,1-2H3,(H,27,34)/t23-/m1/s1. The van der Waals surface area contributed by atoms with Crippen molar-refractivity contribution in [2.75, 3.05) is 44.8 Å². The quantitative estimate of drug-likeness (QED) is 0.437. The first kappa shape index (κ1) is 23.1. The molecule has 0 aliphatic carbocycles. The molecule has 1 atom stereocenters. The minimum atomic E-state index is -0.460. The summed E-state index contributed by atoms with van der Waals surface area (Å²) in [5.74, 6) is 0.348. The van der Waals surface area contributed by atoms with Gasteiger partial charge in [-0.2, -0.15) is 0 Å². The van der Waals surface area contributed by atoms with Crippen LogP contribution in [0, 0.1) is 12.7 Å². The Bertz CT molecular complexity index is 1380. The lowest BCUT2D eigenvalue weighted by atomic mass is 10.0. The van der Waals surface area contributed by atoms with Crippen LogP contribution in [-0.2, 0) is 11.3 Å². The van der Waals surface area contributed by atoms with Crippen molar-refractivity contribution in [3.05, 3.63) is 81.7 Å². The number of piperazine rings is 1. The van der Waals surface area contributed by atoms with Crippen molar-refractivity contribution in [1.82, 2.24) is 30.1 Å². The Labute approximate surface area is 202 Å². The number of aromatic amines is 1. The maximum Gasteiger partial charge on any atom is 0.253 e. The summed E-state index contributed by atoms with van der Waals surface area (Å²) in [6.07, 6.45) is 0. The van der Waals surface area contributed by atoms with E-state index in [-0.39, 0.29) is 11.4 Å². The van der Waals surface area contributed by atoms with Crippen molar-refractivity contribution < 1.29 is 9.13 Å². The average molecular weight is 478 g/mol. The van der Waals surface area contributed by atoms with Crippen LogP contribution in [0.1, 0.15) is 23.0 Å². The number of methoxy groups -OCH3 is 1. The van der Waals surface area contributed by atoms with E-state index in [2.05, 4.69) is 31.5 Å². The van der Waals surface area contributed by atoms with E-state index >= 15 is 0 Å². The van der Waals surface area contributed by atoms with Gasteiger partial charge in [-0.05, 0) is 53.1 Å². The molecule has 35 heavy (non-hydrogen) atoms. The average Bonchev–Trinajstić information content (AvgIpc) is 3.32. The second-order valence-electron chi connectivity index (χ2n) is 8.77. The SMILES string of the molecule is COCCn1nnnc1[C@@H](c1cc2cc(C)ccc2[nH]c1=O)N1CCN(c2ccccc2F)CC1. The number of halogens is 1. The minimum Gasteiger partial charge on any atom is -0.383 e. The van der Waals surface area contributed by atoms with E-state index in [4.69, 9.17) is 4.74 Å². The molecule has 0 spiro atoms. The highest BCUT2D eigenvalue weighted by Crippen LogP contribution is 2.29. The van der Waals surface area contributed by atoms with E-state index in [1.54, 1.807) is 23.9 Å². The van der Waals surface area contributed by atoms with Crippen LogP contribution in [0.5, 0.6) is 0 Å². The zero-order valence-corrected chi connectivity index (χ0v) is 19.8. The number of benzene rings is 2. The van der Waals surface area contributed by atoms with Gasteiger partial charge in [0.05, 0.1) is 18.8 Å². The molecule has 182 valence electrons. The van der Waals surface area contributed by atoms with Gasteiger partial charge in [0, 0.05) is 44.4 Å². The molecular weight excluding hydrogens is 449 g/mol. The van der Waals surface area contributed by atoms with Gasteiger partial charge in [0.25, 0.3) is 5.56 Å². The number of H-pyrrole nitrogens is 1. The van der Waals surface area contributed by atoms with Gasteiger partial charge in [-0.3, -0.25) is 9.69 Å². The molecule has 1 saturated heterocycles. The second kappa shape index (κ2) is 9.93. The Morgan fingerprint density at radius 2 is 1.91 bits per heavy atom. The number of hydrogen-bond acceptors (Lipinski definition) is 7. The van der Waals surface area contributed by atoms with Crippen molar-refractivity contribution in [3.63, 3.8) is 0 Å². The van der Waals surface area contributed by atoms with Gasteiger partial charge in [-0.25, -0.2) is 9.07 Å². The van der Waals surface area contributed by atoms with E-state index in [0.29, 0.717) is 56.4 Å². The molecule has 3 heterocycles. The van der Waals surface area contributed by atoms with Gasteiger partial charge in [-0.1, -0.05) is 23.8 Å². The predicted molar refractivity (Wildman–Crippen MR) is 131 cm³/mol. The van der Waals surface area contributed by atoms with E-state index < -0.39 is 6.04 Å². The molecule has 0 radical (unpaired) electrons. The van der Waals surface area contributed by atoms with Crippen LogP contribution in [0.2, 0.25) is 0 Å². The summed E-state index contributed by atoms with van der Waals surface area (Å²) >= 11 is 0. The van der Waals surface area contributed by atoms with Crippen molar-refractivity contribution in [1.29, 1.82) is 0 Å². The summed E-state index contributed by atoms with van der Waals surface area (Å²) in [5.41, 5.74) is 2.88. The molecule has 4 aromatic rings. The second-order valence-corrected chi connectivity index (χ2v) is 8.77. The number of aromatic nitrogens is 5. The van der Waals surface area contributed by atoms with Crippen LogP contribution >= 0.6 is 0 Å². The van der Waals surface area contributed by atoms with Gasteiger partial charge in [-0.15, -0.1) is 5.10 Å². The fourth-order valence-corrected chi connectivity index (χ4v) is 4.72. The van der Waals surface area contributed by atoms with E-state index in [0.717, 1.165) is 16.5 Å². The van der Waals surface area contributed by atoms with Crippen molar-refractivity contribution in [3.8, 4) is 0 Å². The molecule has 0 unspecified atom stereocenters. The Morgan fingerprint density at radius 3 is 2.69 bits per heavy atom. The number of fused-ring (bicyclic) bond motifs is 1. The number of para-hydroxylation sites is 1. The fourth-order valence-electron chi connectivity index (χ4n) is 4.72. The molecule has 5 rings (SSSR count). The number of nitrogens with zero attached hydrogens (tertiary/aromatic N) is 6. The van der Waals surface area contributed by atoms with Crippen molar-refractivity contribution in [2.24, 2.45) is 0 Å². The lowest BCUT2D eigenvalue weighted by Gasteiger charge is -2.39. The van der Waals surface area contributed by atoms with Crippen LogP contribution in [0.3, 0.4) is 0 Å². The first-order valence-corrected chi connectivity index (χ1v) is 11.7. The molecule has 2 aromatic heterocycles. The molecule has 0 saturated carbocycles. The van der Waals surface area contributed by atoms with Crippen molar-refractivity contribution in [2.45, 2.75) is 19.5 Å².